The molecule has 9 heteroatoms. The van der Waals surface area contributed by atoms with Crippen molar-refractivity contribution < 1.29 is 28.5 Å². The van der Waals surface area contributed by atoms with Gasteiger partial charge in [-0.2, -0.15) is 0 Å². The lowest BCUT2D eigenvalue weighted by atomic mass is 10.2. The van der Waals surface area contributed by atoms with Gasteiger partial charge >= 0.3 is 0 Å². The maximum absolute atomic E-state index is 11.8. The van der Waals surface area contributed by atoms with Crippen LogP contribution in [0.4, 0.5) is 0 Å². The highest BCUT2D eigenvalue weighted by atomic mass is 16.5. The van der Waals surface area contributed by atoms with Crippen molar-refractivity contribution in [2.24, 2.45) is 0 Å². The molecule has 9 nitrogen and oxygen atoms in total. The highest BCUT2D eigenvalue weighted by molar-refractivity contribution is 5.78. The summed E-state index contributed by atoms with van der Waals surface area (Å²) in [5.74, 6) is -0.0554. The largest absolute Gasteiger partial charge is 0.379 e. The lowest BCUT2D eigenvalue weighted by Crippen LogP contribution is -2.28. The van der Waals surface area contributed by atoms with Crippen molar-refractivity contribution in [3.05, 3.63) is 0 Å². The summed E-state index contributed by atoms with van der Waals surface area (Å²) in [6, 6.07) is 0. The second-order valence-corrected chi connectivity index (χ2v) is 8.77. The van der Waals surface area contributed by atoms with Gasteiger partial charge in [-0.15, -0.1) is 0 Å². The van der Waals surface area contributed by atoms with E-state index in [9.17, 15) is 9.59 Å². The highest BCUT2D eigenvalue weighted by Crippen LogP contribution is 2.06. The fourth-order valence-electron chi connectivity index (χ4n) is 2.68. The molecule has 0 bridgehead atoms. The summed E-state index contributed by atoms with van der Waals surface area (Å²) in [6.45, 7) is 15.4. The Balaban J connectivity index is 3.31. The molecular formula is C24H49N3O6. The van der Waals surface area contributed by atoms with Gasteiger partial charge in [0.1, 0.15) is 0 Å². The van der Waals surface area contributed by atoms with Crippen LogP contribution in [0, 0.1) is 0 Å². The van der Waals surface area contributed by atoms with Gasteiger partial charge in [0.25, 0.3) is 0 Å². The third-order valence-electron chi connectivity index (χ3n) is 4.41. The first-order valence-electron chi connectivity index (χ1n) is 12.5. The van der Waals surface area contributed by atoms with Crippen LogP contribution in [0.1, 0.15) is 66.2 Å². The van der Waals surface area contributed by atoms with Crippen LogP contribution in [-0.2, 0) is 28.5 Å². The fraction of sp³-hybridized carbons (Fsp3) is 0.917. The molecule has 0 rings (SSSR count). The highest BCUT2D eigenvalue weighted by Gasteiger charge is 2.09. The zero-order chi connectivity index (χ0) is 24.6. The third-order valence-corrected chi connectivity index (χ3v) is 4.41. The molecule has 2 amide bonds. The van der Waals surface area contributed by atoms with Crippen LogP contribution >= 0.6 is 0 Å². The minimum absolute atomic E-state index is 0.0231. The first-order chi connectivity index (χ1) is 15.8. The van der Waals surface area contributed by atoms with E-state index in [1.54, 1.807) is 0 Å². The lowest BCUT2D eigenvalue weighted by Gasteiger charge is -2.19. The zero-order valence-electron chi connectivity index (χ0n) is 21.5. The van der Waals surface area contributed by atoms with E-state index in [0.29, 0.717) is 72.0 Å². The SMILES string of the molecule is CCNCCCOCCOCCOCCCNC(=O)CCCC(=O)NCCCOC(C)(C)C. The standard InChI is InChI=1S/C24H49N3O6/c1-5-25-12-7-15-30-18-20-32-21-19-31-16-8-13-26-22(28)10-6-11-23(29)27-14-9-17-33-24(2,3)4/h25H,5-21H2,1-4H3,(H,26,28)(H,27,29). The van der Waals surface area contributed by atoms with Gasteiger partial charge in [0, 0.05) is 45.8 Å². The van der Waals surface area contributed by atoms with Gasteiger partial charge in [-0.1, -0.05) is 6.92 Å². The van der Waals surface area contributed by atoms with Crippen LogP contribution in [0.5, 0.6) is 0 Å². The van der Waals surface area contributed by atoms with E-state index in [4.69, 9.17) is 18.9 Å². The number of hydrogen-bond acceptors (Lipinski definition) is 7. The monoisotopic (exact) mass is 475 g/mol. The van der Waals surface area contributed by atoms with E-state index in [2.05, 4.69) is 22.9 Å². The van der Waals surface area contributed by atoms with Crippen molar-refractivity contribution >= 4 is 11.8 Å². The van der Waals surface area contributed by atoms with Crippen LogP contribution in [-0.4, -0.2) is 89.8 Å². The van der Waals surface area contributed by atoms with E-state index >= 15 is 0 Å². The minimum atomic E-state index is -0.154. The predicted molar refractivity (Wildman–Crippen MR) is 130 cm³/mol. The molecule has 196 valence electrons. The molecule has 0 aliphatic carbocycles. The second-order valence-electron chi connectivity index (χ2n) is 8.77. The Morgan fingerprint density at radius 1 is 0.636 bits per heavy atom. The molecule has 0 saturated heterocycles. The van der Waals surface area contributed by atoms with Crippen molar-refractivity contribution in [1.82, 2.24) is 16.0 Å². The van der Waals surface area contributed by atoms with E-state index in [1.165, 1.54) is 0 Å². The number of amides is 2. The Hall–Kier alpha value is -1.26. The average Bonchev–Trinajstić information content (AvgIpc) is 2.75. The van der Waals surface area contributed by atoms with Gasteiger partial charge in [-0.25, -0.2) is 0 Å². The number of hydrogen-bond donors (Lipinski definition) is 3. The summed E-state index contributed by atoms with van der Waals surface area (Å²) in [5.41, 5.74) is -0.154. The first kappa shape index (κ1) is 31.7. The van der Waals surface area contributed by atoms with Gasteiger partial charge < -0.3 is 34.9 Å². The topological polar surface area (TPSA) is 107 Å². The fourth-order valence-corrected chi connectivity index (χ4v) is 2.68. The first-order valence-corrected chi connectivity index (χ1v) is 12.5. The Bertz CT molecular complexity index is 472. The Morgan fingerprint density at radius 3 is 1.58 bits per heavy atom. The molecule has 33 heavy (non-hydrogen) atoms. The minimum Gasteiger partial charge on any atom is -0.379 e. The van der Waals surface area contributed by atoms with Crippen molar-refractivity contribution in [1.29, 1.82) is 0 Å². The van der Waals surface area contributed by atoms with Crippen LogP contribution in [0.15, 0.2) is 0 Å². The van der Waals surface area contributed by atoms with E-state index in [-0.39, 0.29) is 17.4 Å². The van der Waals surface area contributed by atoms with E-state index in [0.717, 1.165) is 39.0 Å². The molecule has 0 heterocycles. The number of rotatable bonds is 23. The van der Waals surface area contributed by atoms with Crippen LogP contribution in [0.3, 0.4) is 0 Å². The molecule has 0 fully saturated rings. The molecule has 0 saturated carbocycles. The smallest absolute Gasteiger partial charge is 0.220 e. The number of nitrogens with one attached hydrogen (secondary N) is 3. The molecule has 0 atom stereocenters. The summed E-state index contributed by atoms with van der Waals surface area (Å²) >= 11 is 0. The van der Waals surface area contributed by atoms with Gasteiger partial charge in [-0.3, -0.25) is 9.59 Å². The molecule has 0 unspecified atom stereocenters. The summed E-state index contributed by atoms with van der Waals surface area (Å²) in [5, 5.41) is 8.96. The van der Waals surface area contributed by atoms with E-state index in [1.807, 2.05) is 20.8 Å². The Kier molecular flexibility index (Phi) is 21.7. The number of carbonyl (C=O) groups excluding carboxylic acids is 2. The summed E-state index contributed by atoms with van der Waals surface area (Å²) in [4.78, 5) is 23.6. The zero-order valence-corrected chi connectivity index (χ0v) is 21.5. The average molecular weight is 476 g/mol. The Morgan fingerprint density at radius 2 is 1.09 bits per heavy atom. The molecule has 0 radical (unpaired) electrons. The lowest BCUT2D eigenvalue weighted by molar-refractivity contribution is -0.122. The van der Waals surface area contributed by atoms with Crippen molar-refractivity contribution in [2.45, 2.75) is 71.8 Å². The molecule has 0 aliphatic heterocycles. The van der Waals surface area contributed by atoms with Crippen LogP contribution in [0.25, 0.3) is 0 Å². The van der Waals surface area contributed by atoms with Gasteiger partial charge in [0.2, 0.25) is 11.8 Å². The predicted octanol–water partition coefficient (Wildman–Crippen LogP) is 2.03. The second kappa shape index (κ2) is 22.5. The molecule has 0 spiro atoms. The molecule has 0 aliphatic rings. The molecule has 0 aromatic rings. The van der Waals surface area contributed by atoms with Gasteiger partial charge in [0.15, 0.2) is 0 Å². The third kappa shape index (κ3) is 26.9. The number of ether oxygens (including phenoxy) is 4. The van der Waals surface area contributed by atoms with Crippen molar-refractivity contribution in [3.63, 3.8) is 0 Å². The molecule has 0 aromatic carbocycles. The quantitative estimate of drug-likeness (QED) is 0.194. The van der Waals surface area contributed by atoms with Gasteiger partial charge in [-0.05, 0) is 59.5 Å². The van der Waals surface area contributed by atoms with Crippen LogP contribution in [0.2, 0.25) is 0 Å². The summed E-state index contributed by atoms with van der Waals surface area (Å²) < 4.78 is 22.0. The molecule has 3 N–H and O–H groups in total. The van der Waals surface area contributed by atoms with E-state index < -0.39 is 0 Å². The van der Waals surface area contributed by atoms with Gasteiger partial charge in [0.05, 0.1) is 32.0 Å². The Labute approximate surface area is 201 Å². The van der Waals surface area contributed by atoms with Crippen molar-refractivity contribution in [3.8, 4) is 0 Å². The molecular weight excluding hydrogens is 426 g/mol. The summed E-state index contributed by atoms with van der Waals surface area (Å²) in [6.07, 6.45) is 3.80. The normalized spacial score (nSPS) is 11.5. The summed E-state index contributed by atoms with van der Waals surface area (Å²) in [7, 11) is 0. The van der Waals surface area contributed by atoms with Crippen LogP contribution < -0.4 is 16.0 Å². The molecule has 0 aromatic heterocycles. The number of carbonyl (C=O) groups is 2. The van der Waals surface area contributed by atoms with Crippen molar-refractivity contribution in [2.75, 3.05) is 72.4 Å². The maximum atomic E-state index is 11.8. The maximum Gasteiger partial charge on any atom is 0.220 e.